The summed E-state index contributed by atoms with van der Waals surface area (Å²) < 4.78 is 0. The van der Waals surface area contributed by atoms with Crippen LogP contribution in [0, 0.1) is 22.2 Å². The van der Waals surface area contributed by atoms with E-state index in [9.17, 15) is 9.90 Å². The number of aliphatic carboxylic acids is 1. The molecule has 0 heterocycles. The van der Waals surface area contributed by atoms with Crippen LogP contribution in [0.25, 0.3) is 0 Å². The number of hydrogen-bond donors (Lipinski definition) is 1. The number of carboxylic acids is 1. The van der Waals surface area contributed by atoms with Crippen molar-refractivity contribution >= 4 is 5.97 Å². The first-order valence-corrected chi connectivity index (χ1v) is 7.90. The zero-order chi connectivity index (χ0) is 13.5. The summed E-state index contributed by atoms with van der Waals surface area (Å²) in [5.74, 6) is 0.121. The van der Waals surface area contributed by atoms with Gasteiger partial charge in [0.25, 0.3) is 0 Å². The smallest absolute Gasteiger partial charge is 0.331 e. The second-order valence-electron chi connectivity index (χ2n) is 7.94. The lowest BCUT2D eigenvalue weighted by Gasteiger charge is -2.63. The van der Waals surface area contributed by atoms with Crippen molar-refractivity contribution in [3.05, 3.63) is 11.1 Å². The van der Waals surface area contributed by atoms with Crippen LogP contribution in [0.3, 0.4) is 0 Å². The molecule has 1 N–H and O–H groups in total. The van der Waals surface area contributed by atoms with Gasteiger partial charge in [-0.05, 0) is 61.7 Å². The first-order valence-electron chi connectivity index (χ1n) is 7.90. The molecule has 2 heteroatoms. The number of allylic oxidation sites excluding steroid dienone is 1. The summed E-state index contributed by atoms with van der Waals surface area (Å²) in [5, 5.41) is 9.55. The molecule has 3 saturated carbocycles. The van der Waals surface area contributed by atoms with Crippen LogP contribution >= 0.6 is 0 Å². The van der Waals surface area contributed by atoms with Gasteiger partial charge in [0.1, 0.15) is 0 Å². The van der Waals surface area contributed by atoms with Crippen molar-refractivity contribution in [2.24, 2.45) is 22.2 Å². The standard InChI is InChI=1S/C17H24O2/c1-15-6-3-7-16(2)11(4-8-15)10-13-12(14(18)19)5-9-17(13,15)16/h11H,3-10H2,1-2H3,(H,18,19). The van der Waals surface area contributed by atoms with Gasteiger partial charge in [-0.25, -0.2) is 4.79 Å². The summed E-state index contributed by atoms with van der Waals surface area (Å²) in [6.45, 7) is 4.96. The maximum atomic E-state index is 11.6. The SMILES string of the molecule is CC12CCCC3(C)C(CC1)CC1=C(C(=O)O)CCC123. The Labute approximate surface area is 115 Å². The molecule has 2 nitrogen and oxygen atoms in total. The third kappa shape index (κ3) is 1.06. The first-order chi connectivity index (χ1) is 8.95. The molecule has 4 unspecified atom stereocenters. The molecule has 19 heavy (non-hydrogen) atoms. The van der Waals surface area contributed by atoms with Gasteiger partial charge >= 0.3 is 5.97 Å². The first kappa shape index (κ1) is 12.0. The molecule has 0 aromatic carbocycles. The van der Waals surface area contributed by atoms with E-state index in [-0.39, 0.29) is 5.41 Å². The molecule has 4 aliphatic carbocycles. The van der Waals surface area contributed by atoms with E-state index in [2.05, 4.69) is 13.8 Å². The Hall–Kier alpha value is -0.790. The van der Waals surface area contributed by atoms with E-state index in [1.165, 1.54) is 37.7 Å². The second kappa shape index (κ2) is 3.27. The summed E-state index contributed by atoms with van der Waals surface area (Å²) in [5.41, 5.74) is 3.19. The minimum absolute atomic E-state index is 0.245. The molecule has 0 radical (unpaired) electrons. The zero-order valence-corrected chi connectivity index (χ0v) is 12.1. The Kier molecular flexibility index (Phi) is 2.06. The molecule has 0 aliphatic heterocycles. The van der Waals surface area contributed by atoms with Gasteiger partial charge in [-0.1, -0.05) is 25.8 Å². The lowest BCUT2D eigenvalue weighted by Crippen LogP contribution is -2.55. The van der Waals surface area contributed by atoms with E-state index in [4.69, 9.17) is 0 Å². The maximum Gasteiger partial charge on any atom is 0.331 e. The van der Waals surface area contributed by atoms with E-state index in [1.807, 2.05) is 0 Å². The summed E-state index contributed by atoms with van der Waals surface area (Å²) in [6, 6.07) is 0. The van der Waals surface area contributed by atoms with Crippen molar-refractivity contribution in [2.45, 2.75) is 65.2 Å². The molecule has 0 aromatic heterocycles. The number of rotatable bonds is 1. The molecule has 1 spiro atoms. The van der Waals surface area contributed by atoms with Gasteiger partial charge in [0.15, 0.2) is 0 Å². The summed E-state index contributed by atoms with van der Waals surface area (Å²) in [7, 11) is 0. The predicted molar refractivity (Wildman–Crippen MR) is 73.7 cm³/mol. The van der Waals surface area contributed by atoms with Crippen LogP contribution in [0.1, 0.15) is 65.2 Å². The lowest BCUT2D eigenvalue weighted by molar-refractivity contribution is -0.132. The highest BCUT2D eigenvalue weighted by atomic mass is 16.4. The fraction of sp³-hybridized carbons (Fsp3) is 0.824. The molecule has 0 aromatic rings. The highest BCUT2D eigenvalue weighted by molar-refractivity contribution is 5.89. The number of hydrogen-bond acceptors (Lipinski definition) is 1. The Morgan fingerprint density at radius 3 is 2.74 bits per heavy atom. The molecule has 104 valence electrons. The third-order valence-corrected chi connectivity index (χ3v) is 7.71. The highest BCUT2D eigenvalue weighted by Gasteiger charge is 2.72. The summed E-state index contributed by atoms with van der Waals surface area (Å²) in [4.78, 5) is 11.6. The normalized spacial score (nSPS) is 51.4. The van der Waals surface area contributed by atoms with Crippen LogP contribution in [0.15, 0.2) is 11.1 Å². The quantitative estimate of drug-likeness (QED) is 0.768. The van der Waals surface area contributed by atoms with E-state index in [1.54, 1.807) is 0 Å². The molecule has 3 fully saturated rings. The van der Waals surface area contributed by atoms with Crippen LogP contribution < -0.4 is 0 Å². The largest absolute Gasteiger partial charge is 0.478 e. The number of carboxylic acid groups (broad SMARTS) is 1. The van der Waals surface area contributed by atoms with E-state index < -0.39 is 5.97 Å². The molecule has 4 rings (SSSR count). The minimum atomic E-state index is -0.635. The monoisotopic (exact) mass is 260 g/mol. The Bertz CT molecular complexity index is 505. The van der Waals surface area contributed by atoms with Crippen LogP contribution in [-0.4, -0.2) is 11.1 Å². The Morgan fingerprint density at radius 2 is 2.00 bits per heavy atom. The molecule has 4 aliphatic rings. The number of carbonyl (C=O) groups is 1. The molecule has 0 amide bonds. The topological polar surface area (TPSA) is 37.3 Å². The molecule has 4 atom stereocenters. The Morgan fingerprint density at radius 1 is 1.21 bits per heavy atom. The fourth-order valence-corrected chi connectivity index (χ4v) is 6.94. The van der Waals surface area contributed by atoms with E-state index >= 15 is 0 Å². The van der Waals surface area contributed by atoms with Gasteiger partial charge in [0.05, 0.1) is 0 Å². The van der Waals surface area contributed by atoms with E-state index in [0.29, 0.717) is 10.8 Å². The minimum Gasteiger partial charge on any atom is -0.478 e. The highest BCUT2D eigenvalue weighted by Crippen LogP contribution is 2.80. The van der Waals surface area contributed by atoms with Crippen molar-refractivity contribution in [1.82, 2.24) is 0 Å². The van der Waals surface area contributed by atoms with Gasteiger partial charge in [-0.2, -0.15) is 0 Å². The summed E-state index contributed by atoms with van der Waals surface area (Å²) in [6.07, 6.45) is 9.66. The van der Waals surface area contributed by atoms with Crippen molar-refractivity contribution in [3.63, 3.8) is 0 Å². The molecule has 0 saturated heterocycles. The molecular formula is C17H24O2. The average Bonchev–Trinajstić information content (AvgIpc) is 2.77. The van der Waals surface area contributed by atoms with Crippen LogP contribution in [0.5, 0.6) is 0 Å². The van der Waals surface area contributed by atoms with Gasteiger partial charge in [0, 0.05) is 11.0 Å². The zero-order valence-electron chi connectivity index (χ0n) is 12.1. The van der Waals surface area contributed by atoms with Crippen LogP contribution in [0.2, 0.25) is 0 Å². The fourth-order valence-electron chi connectivity index (χ4n) is 6.94. The maximum absolute atomic E-state index is 11.6. The van der Waals surface area contributed by atoms with Crippen LogP contribution in [0.4, 0.5) is 0 Å². The average molecular weight is 260 g/mol. The summed E-state index contributed by atoms with van der Waals surface area (Å²) >= 11 is 0. The van der Waals surface area contributed by atoms with Gasteiger partial charge < -0.3 is 5.11 Å². The lowest BCUT2D eigenvalue weighted by atomic mass is 9.41. The third-order valence-electron chi connectivity index (χ3n) is 7.71. The van der Waals surface area contributed by atoms with Gasteiger partial charge in [-0.15, -0.1) is 0 Å². The van der Waals surface area contributed by atoms with Crippen molar-refractivity contribution in [1.29, 1.82) is 0 Å². The van der Waals surface area contributed by atoms with Crippen molar-refractivity contribution < 1.29 is 9.90 Å². The molecule has 4 bridgehead atoms. The van der Waals surface area contributed by atoms with Crippen molar-refractivity contribution in [2.75, 3.05) is 0 Å². The van der Waals surface area contributed by atoms with Crippen LogP contribution in [-0.2, 0) is 4.79 Å². The second-order valence-corrected chi connectivity index (χ2v) is 7.94. The van der Waals surface area contributed by atoms with Crippen molar-refractivity contribution in [3.8, 4) is 0 Å². The predicted octanol–water partition coefficient (Wildman–Crippen LogP) is 4.16. The molecular weight excluding hydrogens is 236 g/mol. The Balaban J connectivity index is 1.99. The van der Waals surface area contributed by atoms with E-state index in [0.717, 1.165) is 30.8 Å². The van der Waals surface area contributed by atoms with Gasteiger partial charge in [0.2, 0.25) is 0 Å². The van der Waals surface area contributed by atoms with Gasteiger partial charge in [-0.3, -0.25) is 0 Å².